The first-order valence-electron chi connectivity index (χ1n) is 6.22. The van der Waals surface area contributed by atoms with Gasteiger partial charge >= 0.3 is 0 Å². The van der Waals surface area contributed by atoms with E-state index in [1.54, 1.807) is 18.2 Å². The van der Waals surface area contributed by atoms with E-state index in [9.17, 15) is 4.79 Å². The van der Waals surface area contributed by atoms with Crippen molar-refractivity contribution in [1.29, 1.82) is 0 Å². The predicted octanol–water partition coefficient (Wildman–Crippen LogP) is 4.45. The number of nitrogens with two attached hydrogens (primary N) is 1. The van der Waals surface area contributed by atoms with E-state index in [0.717, 1.165) is 5.56 Å². The van der Waals surface area contributed by atoms with Gasteiger partial charge < -0.3 is 11.1 Å². The predicted molar refractivity (Wildman–Crippen MR) is 92.1 cm³/mol. The third-order valence-electron chi connectivity index (χ3n) is 2.72. The van der Waals surface area contributed by atoms with Crippen molar-refractivity contribution in [2.45, 2.75) is 5.75 Å². The Morgan fingerprint density at radius 1 is 1.14 bits per heavy atom. The van der Waals surface area contributed by atoms with E-state index in [1.165, 1.54) is 11.8 Å². The van der Waals surface area contributed by atoms with Crippen LogP contribution in [0, 0.1) is 0 Å². The highest BCUT2D eigenvalue weighted by atomic mass is 35.5. The van der Waals surface area contributed by atoms with Crippen molar-refractivity contribution < 1.29 is 4.79 Å². The van der Waals surface area contributed by atoms with Crippen molar-refractivity contribution in [3.05, 3.63) is 58.1 Å². The van der Waals surface area contributed by atoms with Gasteiger partial charge in [-0.2, -0.15) is 0 Å². The minimum absolute atomic E-state index is 0.112. The molecule has 0 fully saturated rings. The molecule has 2 aromatic rings. The molecule has 0 aromatic heterocycles. The Hall–Kier alpha value is -1.36. The zero-order valence-corrected chi connectivity index (χ0v) is 13.4. The highest BCUT2D eigenvalue weighted by Gasteiger charge is 2.07. The molecule has 0 radical (unpaired) electrons. The maximum absolute atomic E-state index is 11.9. The molecule has 0 aliphatic carbocycles. The van der Waals surface area contributed by atoms with Gasteiger partial charge in [-0.3, -0.25) is 4.79 Å². The Kier molecular flexibility index (Phi) is 5.79. The van der Waals surface area contributed by atoms with Crippen molar-refractivity contribution in [3.8, 4) is 0 Å². The molecule has 2 aromatic carbocycles. The van der Waals surface area contributed by atoms with Gasteiger partial charge in [-0.1, -0.05) is 41.4 Å². The first kappa shape index (κ1) is 16.0. The number of thioether (sulfide) groups is 1. The van der Waals surface area contributed by atoms with Crippen LogP contribution in [0.25, 0.3) is 0 Å². The summed E-state index contributed by atoms with van der Waals surface area (Å²) in [6, 6.07) is 12.6. The van der Waals surface area contributed by atoms with Crippen LogP contribution in [0.15, 0.2) is 42.5 Å². The van der Waals surface area contributed by atoms with Crippen LogP contribution in [0.1, 0.15) is 5.56 Å². The van der Waals surface area contributed by atoms with Gasteiger partial charge in [0.25, 0.3) is 0 Å². The molecule has 0 bridgehead atoms. The normalized spacial score (nSPS) is 10.4. The van der Waals surface area contributed by atoms with E-state index in [-0.39, 0.29) is 5.91 Å². The number of hydrogen-bond donors (Lipinski definition) is 2. The monoisotopic (exact) mass is 340 g/mol. The molecule has 1 amide bonds. The average Bonchev–Trinajstić information content (AvgIpc) is 2.44. The van der Waals surface area contributed by atoms with Crippen LogP contribution in [-0.4, -0.2) is 11.7 Å². The molecule has 0 saturated carbocycles. The van der Waals surface area contributed by atoms with Crippen LogP contribution in [0.4, 0.5) is 11.4 Å². The Morgan fingerprint density at radius 2 is 1.90 bits per heavy atom. The highest BCUT2D eigenvalue weighted by molar-refractivity contribution is 7.99. The standard InChI is InChI=1S/C15H14Cl2N2OS/c16-12-4-2-1-3-10(12)8-21-9-15(20)19-14-6-5-11(18)7-13(14)17/h1-7H,8-9,18H2,(H,19,20). The molecule has 2 rings (SSSR count). The lowest BCUT2D eigenvalue weighted by Crippen LogP contribution is -2.14. The fourth-order valence-corrected chi connectivity index (χ4v) is 3.04. The third kappa shape index (κ3) is 4.84. The number of nitrogens with one attached hydrogen (secondary N) is 1. The minimum Gasteiger partial charge on any atom is -0.399 e. The van der Waals surface area contributed by atoms with Crippen LogP contribution >= 0.6 is 35.0 Å². The first-order chi connectivity index (χ1) is 10.1. The third-order valence-corrected chi connectivity index (χ3v) is 4.38. The van der Waals surface area contributed by atoms with Crippen LogP contribution in [0.5, 0.6) is 0 Å². The Bertz CT molecular complexity index is 649. The summed E-state index contributed by atoms with van der Waals surface area (Å²) in [4.78, 5) is 11.9. The molecule has 110 valence electrons. The molecule has 0 aliphatic rings. The lowest BCUT2D eigenvalue weighted by molar-refractivity contribution is -0.113. The van der Waals surface area contributed by atoms with Crippen LogP contribution in [0.2, 0.25) is 10.0 Å². The lowest BCUT2D eigenvalue weighted by atomic mass is 10.2. The maximum atomic E-state index is 11.9. The van der Waals surface area contributed by atoms with Crippen LogP contribution in [-0.2, 0) is 10.5 Å². The van der Waals surface area contributed by atoms with E-state index in [2.05, 4.69) is 5.32 Å². The molecule has 6 heteroatoms. The topological polar surface area (TPSA) is 55.1 Å². The van der Waals surface area contributed by atoms with Crippen LogP contribution in [0.3, 0.4) is 0 Å². The summed E-state index contributed by atoms with van der Waals surface area (Å²) in [5.41, 5.74) is 7.74. The fourth-order valence-electron chi connectivity index (χ4n) is 1.69. The number of carbonyl (C=O) groups is 1. The zero-order valence-electron chi connectivity index (χ0n) is 11.1. The highest BCUT2D eigenvalue weighted by Crippen LogP contribution is 2.25. The molecule has 0 saturated heterocycles. The number of anilines is 2. The van der Waals surface area contributed by atoms with Gasteiger partial charge in [-0.25, -0.2) is 0 Å². The minimum atomic E-state index is -0.112. The first-order valence-corrected chi connectivity index (χ1v) is 8.13. The molecule has 0 atom stereocenters. The van der Waals surface area contributed by atoms with Gasteiger partial charge in [0, 0.05) is 16.5 Å². The van der Waals surface area contributed by atoms with Crippen LogP contribution < -0.4 is 11.1 Å². The van der Waals surface area contributed by atoms with Gasteiger partial charge in [0.15, 0.2) is 0 Å². The number of amides is 1. The number of nitrogen functional groups attached to an aromatic ring is 1. The number of halogens is 2. The number of hydrogen-bond acceptors (Lipinski definition) is 3. The number of carbonyl (C=O) groups excluding carboxylic acids is 1. The molecular formula is C15H14Cl2N2OS. The SMILES string of the molecule is Nc1ccc(NC(=O)CSCc2ccccc2Cl)c(Cl)c1. The summed E-state index contributed by atoms with van der Waals surface area (Å²) in [7, 11) is 0. The second-order valence-corrected chi connectivity index (χ2v) is 6.17. The molecule has 0 unspecified atom stereocenters. The quantitative estimate of drug-likeness (QED) is 0.790. The van der Waals surface area contributed by atoms with Crippen molar-refractivity contribution in [3.63, 3.8) is 0 Å². The summed E-state index contributed by atoms with van der Waals surface area (Å²) in [6.07, 6.45) is 0. The molecular weight excluding hydrogens is 327 g/mol. The smallest absolute Gasteiger partial charge is 0.234 e. The molecule has 3 nitrogen and oxygen atoms in total. The summed E-state index contributed by atoms with van der Waals surface area (Å²) < 4.78 is 0. The molecule has 21 heavy (non-hydrogen) atoms. The van der Waals surface area contributed by atoms with Crippen molar-refractivity contribution in [2.24, 2.45) is 0 Å². The van der Waals surface area contributed by atoms with E-state index in [0.29, 0.717) is 32.9 Å². The molecule has 0 spiro atoms. The Balaban J connectivity index is 1.84. The Morgan fingerprint density at radius 3 is 2.62 bits per heavy atom. The second-order valence-electron chi connectivity index (χ2n) is 4.37. The number of benzene rings is 2. The van der Waals surface area contributed by atoms with Gasteiger partial charge in [0.2, 0.25) is 5.91 Å². The summed E-state index contributed by atoms with van der Waals surface area (Å²) in [5, 5.41) is 3.90. The maximum Gasteiger partial charge on any atom is 0.234 e. The van der Waals surface area contributed by atoms with Gasteiger partial charge in [0.05, 0.1) is 16.5 Å². The van der Waals surface area contributed by atoms with Crippen molar-refractivity contribution in [2.75, 3.05) is 16.8 Å². The Labute approximate surface area is 137 Å². The van der Waals surface area contributed by atoms with Crippen molar-refractivity contribution in [1.82, 2.24) is 0 Å². The summed E-state index contributed by atoms with van der Waals surface area (Å²) in [6.45, 7) is 0. The summed E-state index contributed by atoms with van der Waals surface area (Å²) in [5.74, 6) is 0.896. The molecule has 0 aliphatic heterocycles. The molecule has 0 heterocycles. The fraction of sp³-hybridized carbons (Fsp3) is 0.133. The summed E-state index contributed by atoms with van der Waals surface area (Å²) >= 11 is 13.6. The van der Waals surface area contributed by atoms with E-state index < -0.39 is 0 Å². The van der Waals surface area contributed by atoms with E-state index >= 15 is 0 Å². The average molecular weight is 341 g/mol. The van der Waals surface area contributed by atoms with Crippen molar-refractivity contribution >= 4 is 52.2 Å². The van der Waals surface area contributed by atoms with Gasteiger partial charge in [-0.05, 0) is 29.8 Å². The van der Waals surface area contributed by atoms with E-state index in [1.807, 2.05) is 24.3 Å². The number of rotatable bonds is 5. The van der Waals surface area contributed by atoms with Gasteiger partial charge in [-0.15, -0.1) is 11.8 Å². The lowest BCUT2D eigenvalue weighted by Gasteiger charge is -2.08. The molecule has 3 N–H and O–H groups in total. The largest absolute Gasteiger partial charge is 0.399 e. The second kappa shape index (κ2) is 7.59. The van der Waals surface area contributed by atoms with Gasteiger partial charge in [0.1, 0.15) is 0 Å². The van der Waals surface area contributed by atoms with E-state index in [4.69, 9.17) is 28.9 Å². The zero-order chi connectivity index (χ0) is 15.2.